The quantitative estimate of drug-likeness (QED) is 0.834. The van der Waals surface area contributed by atoms with Gasteiger partial charge in [0.25, 0.3) is 0 Å². The highest BCUT2D eigenvalue weighted by Gasteiger charge is 2.12. The van der Waals surface area contributed by atoms with Crippen molar-refractivity contribution in [2.75, 3.05) is 0 Å². The van der Waals surface area contributed by atoms with Crippen molar-refractivity contribution in [3.8, 4) is 0 Å². The second-order valence-corrected chi connectivity index (χ2v) is 4.27. The summed E-state index contributed by atoms with van der Waals surface area (Å²) >= 11 is 1.62. The van der Waals surface area contributed by atoms with Crippen molar-refractivity contribution in [2.24, 2.45) is 0 Å². The van der Waals surface area contributed by atoms with E-state index >= 15 is 0 Å². The van der Waals surface area contributed by atoms with E-state index in [9.17, 15) is 0 Å². The van der Waals surface area contributed by atoms with Gasteiger partial charge < -0.3 is 5.32 Å². The molecule has 2 heterocycles. The van der Waals surface area contributed by atoms with Crippen LogP contribution in [0.15, 0.2) is 23.3 Å². The summed E-state index contributed by atoms with van der Waals surface area (Å²) in [6.45, 7) is 4.24. The maximum atomic E-state index is 4.28. The summed E-state index contributed by atoms with van der Waals surface area (Å²) in [4.78, 5) is 4.28. The predicted octanol–water partition coefficient (Wildman–Crippen LogP) is 2.28. The lowest BCUT2D eigenvalue weighted by Gasteiger charge is -2.17. The van der Waals surface area contributed by atoms with Gasteiger partial charge in [-0.05, 0) is 13.8 Å². The van der Waals surface area contributed by atoms with E-state index in [0.29, 0.717) is 0 Å². The number of aromatic nitrogens is 3. The molecule has 2 atom stereocenters. The number of aromatic amines is 1. The van der Waals surface area contributed by atoms with Gasteiger partial charge in [0, 0.05) is 29.2 Å². The first kappa shape index (κ1) is 10.3. The number of thiazole rings is 1. The number of rotatable bonds is 4. The van der Waals surface area contributed by atoms with Gasteiger partial charge in [0.15, 0.2) is 0 Å². The van der Waals surface area contributed by atoms with Crippen molar-refractivity contribution in [2.45, 2.75) is 25.9 Å². The van der Waals surface area contributed by atoms with Gasteiger partial charge >= 0.3 is 0 Å². The molecule has 0 spiro atoms. The molecule has 2 N–H and O–H groups in total. The molecule has 4 nitrogen and oxygen atoms in total. The molecule has 0 aliphatic rings. The Labute approximate surface area is 92.8 Å². The third-order valence-electron chi connectivity index (χ3n) is 2.41. The molecule has 0 aromatic carbocycles. The molecule has 2 unspecified atom stereocenters. The van der Waals surface area contributed by atoms with Crippen molar-refractivity contribution in [3.63, 3.8) is 0 Å². The molecule has 0 saturated carbocycles. The normalized spacial score (nSPS) is 15.1. The summed E-state index contributed by atoms with van der Waals surface area (Å²) in [5, 5.41) is 12.3. The van der Waals surface area contributed by atoms with Crippen LogP contribution >= 0.6 is 11.3 Å². The summed E-state index contributed by atoms with van der Waals surface area (Å²) in [6.07, 6.45) is 3.75. The Morgan fingerprint density at radius 3 is 2.87 bits per heavy atom. The molecule has 5 heteroatoms. The van der Waals surface area contributed by atoms with Crippen LogP contribution in [0, 0.1) is 0 Å². The minimum Gasteiger partial charge on any atom is -0.302 e. The van der Waals surface area contributed by atoms with Crippen molar-refractivity contribution in [3.05, 3.63) is 34.5 Å². The second-order valence-electron chi connectivity index (χ2n) is 3.55. The maximum Gasteiger partial charge on any atom is 0.0795 e. The van der Waals surface area contributed by atoms with Gasteiger partial charge in [-0.1, -0.05) is 0 Å². The lowest BCUT2D eigenvalue weighted by atomic mass is 10.1. The summed E-state index contributed by atoms with van der Waals surface area (Å²) in [5.74, 6) is 0. The van der Waals surface area contributed by atoms with Crippen molar-refractivity contribution < 1.29 is 0 Å². The van der Waals surface area contributed by atoms with E-state index < -0.39 is 0 Å². The molecule has 0 aliphatic heterocycles. The standard InChI is InChI=1S/C10H14N4S/c1-7(9-3-12-13-4-9)14-8(2)10-5-15-6-11-10/h3-8,14H,1-2H3,(H,12,13). The van der Waals surface area contributed by atoms with E-state index in [0.717, 1.165) is 11.3 Å². The van der Waals surface area contributed by atoms with Crippen LogP contribution in [0.25, 0.3) is 0 Å². The van der Waals surface area contributed by atoms with Gasteiger partial charge in [0.2, 0.25) is 0 Å². The van der Waals surface area contributed by atoms with Crippen LogP contribution in [0.2, 0.25) is 0 Å². The third kappa shape index (κ3) is 2.43. The molecule has 0 saturated heterocycles. The number of nitrogens with zero attached hydrogens (tertiary/aromatic N) is 2. The molecule has 2 aromatic heterocycles. The van der Waals surface area contributed by atoms with Crippen LogP contribution < -0.4 is 5.32 Å². The minimum absolute atomic E-state index is 0.265. The zero-order chi connectivity index (χ0) is 10.7. The van der Waals surface area contributed by atoms with Gasteiger partial charge in [-0.15, -0.1) is 11.3 Å². The fraction of sp³-hybridized carbons (Fsp3) is 0.400. The molecule has 0 radical (unpaired) electrons. The second kappa shape index (κ2) is 4.55. The number of hydrogen-bond acceptors (Lipinski definition) is 4. The van der Waals surface area contributed by atoms with Crippen molar-refractivity contribution in [1.82, 2.24) is 20.5 Å². The molecule has 2 aromatic rings. The highest BCUT2D eigenvalue weighted by Crippen LogP contribution is 2.18. The third-order valence-corrected chi connectivity index (χ3v) is 3.02. The number of nitrogens with one attached hydrogen (secondary N) is 2. The van der Waals surface area contributed by atoms with Crippen LogP contribution in [0.3, 0.4) is 0 Å². The maximum absolute atomic E-state index is 4.28. The largest absolute Gasteiger partial charge is 0.302 e. The Balaban J connectivity index is 1.98. The average Bonchev–Trinajstić information content (AvgIpc) is 2.91. The van der Waals surface area contributed by atoms with Gasteiger partial charge in [-0.25, -0.2) is 4.98 Å². The highest BCUT2D eigenvalue weighted by atomic mass is 32.1. The SMILES string of the molecule is CC(NC(C)c1cscn1)c1cn[nH]c1. The van der Waals surface area contributed by atoms with Crippen LogP contribution in [0.1, 0.15) is 37.2 Å². The molecule has 0 aliphatic carbocycles. The summed E-state index contributed by atoms with van der Waals surface area (Å²) in [7, 11) is 0. The van der Waals surface area contributed by atoms with Crippen LogP contribution in [0.5, 0.6) is 0 Å². The Morgan fingerprint density at radius 2 is 2.27 bits per heavy atom. The van der Waals surface area contributed by atoms with Crippen LogP contribution in [-0.2, 0) is 0 Å². The topological polar surface area (TPSA) is 53.6 Å². The van der Waals surface area contributed by atoms with E-state index in [1.807, 2.05) is 17.9 Å². The number of H-pyrrole nitrogens is 1. The van der Waals surface area contributed by atoms with E-state index in [-0.39, 0.29) is 12.1 Å². The Bertz CT molecular complexity index is 343. The number of hydrogen-bond donors (Lipinski definition) is 2. The summed E-state index contributed by atoms with van der Waals surface area (Å²) in [6, 6.07) is 0.543. The van der Waals surface area contributed by atoms with Gasteiger partial charge in [-0.3, -0.25) is 5.10 Å². The van der Waals surface area contributed by atoms with Crippen LogP contribution in [-0.4, -0.2) is 15.2 Å². The fourth-order valence-corrected chi connectivity index (χ4v) is 2.14. The average molecular weight is 222 g/mol. The smallest absolute Gasteiger partial charge is 0.0795 e. The molecular weight excluding hydrogens is 208 g/mol. The molecule has 15 heavy (non-hydrogen) atoms. The van der Waals surface area contributed by atoms with Crippen molar-refractivity contribution in [1.29, 1.82) is 0 Å². The van der Waals surface area contributed by atoms with E-state index in [4.69, 9.17) is 0 Å². The van der Waals surface area contributed by atoms with Gasteiger partial charge in [-0.2, -0.15) is 5.10 Å². The predicted molar refractivity (Wildman–Crippen MR) is 60.7 cm³/mol. The molecule has 2 rings (SSSR count). The zero-order valence-electron chi connectivity index (χ0n) is 8.77. The molecular formula is C10H14N4S. The van der Waals surface area contributed by atoms with E-state index in [2.05, 4.69) is 39.7 Å². The van der Waals surface area contributed by atoms with Gasteiger partial charge in [0.05, 0.1) is 17.4 Å². The fourth-order valence-electron chi connectivity index (χ4n) is 1.49. The summed E-state index contributed by atoms with van der Waals surface area (Å²) < 4.78 is 0. The first-order chi connectivity index (χ1) is 7.27. The minimum atomic E-state index is 0.265. The monoisotopic (exact) mass is 222 g/mol. The molecule has 0 fully saturated rings. The Morgan fingerprint density at radius 1 is 1.40 bits per heavy atom. The van der Waals surface area contributed by atoms with E-state index in [1.165, 1.54) is 0 Å². The zero-order valence-corrected chi connectivity index (χ0v) is 9.58. The first-order valence-corrected chi connectivity index (χ1v) is 5.84. The Hall–Kier alpha value is -1.20. The molecule has 80 valence electrons. The first-order valence-electron chi connectivity index (χ1n) is 4.90. The molecule has 0 amide bonds. The van der Waals surface area contributed by atoms with Crippen molar-refractivity contribution >= 4 is 11.3 Å². The van der Waals surface area contributed by atoms with Crippen LogP contribution in [0.4, 0.5) is 0 Å². The lowest BCUT2D eigenvalue weighted by Crippen LogP contribution is -2.22. The Kier molecular flexibility index (Phi) is 3.13. The van der Waals surface area contributed by atoms with E-state index in [1.54, 1.807) is 11.3 Å². The van der Waals surface area contributed by atoms with Gasteiger partial charge in [0.1, 0.15) is 0 Å². The summed E-state index contributed by atoms with van der Waals surface area (Å²) in [5.41, 5.74) is 4.11. The lowest BCUT2D eigenvalue weighted by molar-refractivity contribution is 0.488. The highest BCUT2D eigenvalue weighted by molar-refractivity contribution is 7.07. The molecule has 0 bridgehead atoms.